The monoisotopic (exact) mass is 905 g/mol. The summed E-state index contributed by atoms with van der Waals surface area (Å²) in [6.45, 7) is 14.3. The number of amides is 4. The van der Waals surface area contributed by atoms with E-state index in [1.807, 2.05) is 26.0 Å². The van der Waals surface area contributed by atoms with Crippen molar-refractivity contribution in [3.63, 3.8) is 0 Å². The summed E-state index contributed by atoms with van der Waals surface area (Å²) < 4.78 is 14.0. The van der Waals surface area contributed by atoms with E-state index in [0.29, 0.717) is 63.9 Å². The number of cyclic esters (lactones) is 1. The third-order valence-electron chi connectivity index (χ3n) is 13.6. The number of aromatic hydroxyl groups is 1. The second-order valence-corrected chi connectivity index (χ2v) is 19.4. The van der Waals surface area contributed by atoms with Gasteiger partial charge in [0.1, 0.15) is 23.9 Å². The summed E-state index contributed by atoms with van der Waals surface area (Å²) in [5, 5.41) is 16.8. The molecule has 2 saturated heterocycles. The van der Waals surface area contributed by atoms with Crippen LogP contribution in [0.3, 0.4) is 0 Å². The number of hydrogen-bond acceptors (Lipinski definition) is 9. The number of benzene rings is 3. The van der Waals surface area contributed by atoms with Gasteiger partial charge in [0.15, 0.2) is 0 Å². The first-order valence-corrected chi connectivity index (χ1v) is 23.7. The van der Waals surface area contributed by atoms with E-state index in [1.54, 1.807) is 38.1 Å². The molecule has 0 radical (unpaired) electrons. The highest BCUT2D eigenvalue weighted by Crippen LogP contribution is 2.41. The topological polar surface area (TPSA) is 163 Å². The molecule has 0 saturated carbocycles. The van der Waals surface area contributed by atoms with Gasteiger partial charge >= 0.3 is 5.97 Å². The number of hydrogen-bond donors (Lipinski definition) is 3. The van der Waals surface area contributed by atoms with Crippen molar-refractivity contribution in [2.45, 2.75) is 111 Å². The maximum atomic E-state index is 14.7. The predicted octanol–water partition coefficient (Wildman–Crippen LogP) is 6.28. The average molecular weight is 905 g/mol. The van der Waals surface area contributed by atoms with Crippen molar-refractivity contribution in [1.82, 2.24) is 30.1 Å². The van der Waals surface area contributed by atoms with Crippen LogP contribution in [0, 0.1) is 17.3 Å². The lowest BCUT2D eigenvalue weighted by atomic mass is 9.83. The number of aryl methyl sites for hydroxylation is 1. The van der Waals surface area contributed by atoms with Crippen LogP contribution in [-0.4, -0.2) is 119 Å². The zero-order valence-electron chi connectivity index (χ0n) is 39.9. The van der Waals surface area contributed by atoms with Crippen LogP contribution in [0.4, 0.5) is 0 Å². The number of phenols is 1. The van der Waals surface area contributed by atoms with Gasteiger partial charge in [0, 0.05) is 75.1 Å². The highest BCUT2D eigenvalue weighted by atomic mass is 16.5. The number of methoxy groups -OCH3 is 1. The van der Waals surface area contributed by atoms with E-state index in [9.17, 15) is 29.1 Å². The van der Waals surface area contributed by atoms with Crippen LogP contribution in [0.5, 0.6) is 5.75 Å². The number of hydrazine groups is 1. The number of carbonyl (C=O) groups excluding carboxylic acids is 5. The highest BCUT2D eigenvalue weighted by Gasteiger charge is 2.40. The number of fused-ring (bicyclic) bond motifs is 6. The number of likely N-dealkylation sites (N-methyl/N-ethyl adjacent to an activating group) is 1. The molecule has 3 aliphatic heterocycles. The van der Waals surface area contributed by atoms with Crippen LogP contribution in [0.2, 0.25) is 0 Å². The Bertz CT molecular complexity index is 2460. The van der Waals surface area contributed by atoms with Crippen molar-refractivity contribution in [2.75, 3.05) is 47.0 Å². The van der Waals surface area contributed by atoms with Crippen LogP contribution >= 0.6 is 0 Å². The fourth-order valence-corrected chi connectivity index (χ4v) is 10.2. The van der Waals surface area contributed by atoms with Crippen molar-refractivity contribution in [2.24, 2.45) is 17.3 Å². The Morgan fingerprint density at radius 2 is 1.79 bits per heavy atom. The molecule has 1 aromatic heterocycles. The minimum atomic E-state index is -1.14. The molecular formula is C52H68N6O8. The van der Waals surface area contributed by atoms with Crippen molar-refractivity contribution in [1.29, 1.82) is 0 Å². The highest BCUT2D eigenvalue weighted by molar-refractivity contribution is 5.96. The number of nitrogens with one attached hydrogen (secondary N) is 2. The zero-order valence-corrected chi connectivity index (χ0v) is 39.9. The zero-order chi connectivity index (χ0) is 47.4. The quantitative estimate of drug-likeness (QED) is 0.147. The van der Waals surface area contributed by atoms with Crippen molar-refractivity contribution in [3.8, 4) is 28.1 Å². The number of nitrogens with zero attached hydrogens (tertiary/aromatic N) is 4. The number of phenolic OH excluding ortho intramolecular Hbond substituents is 1. The summed E-state index contributed by atoms with van der Waals surface area (Å²) in [6.07, 6.45) is 3.17. The third kappa shape index (κ3) is 10.3. The average Bonchev–Trinajstić information content (AvgIpc) is 3.91. The number of rotatable bonds is 11. The van der Waals surface area contributed by atoms with Crippen molar-refractivity contribution < 1.29 is 38.6 Å². The molecule has 3 aromatic carbocycles. The van der Waals surface area contributed by atoms with Crippen LogP contribution in [-0.2, 0) is 59.3 Å². The van der Waals surface area contributed by atoms with E-state index in [4.69, 9.17) is 9.47 Å². The van der Waals surface area contributed by atoms with Gasteiger partial charge in [-0.3, -0.25) is 29.0 Å². The maximum Gasteiger partial charge on any atom is 0.324 e. The predicted molar refractivity (Wildman–Crippen MR) is 254 cm³/mol. The smallest absolute Gasteiger partial charge is 0.324 e. The van der Waals surface area contributed by atoms with Gasteiger partial charge in [-0.05, 0) is 97.0 Å². The minimum absolute atomic E-state index is 0.00577. The number of ether oxygens (including phenoxy) is 2. The normalized spacial score (nSPS) is 20.5. The molecule has 354 valence electrons. The first-order valence-electron chi connectivity index (χ1n) is 23.7. The molecule has 4 heterocycles. The van der Waals surface area contributed by atoms with Gasteiger partial charge in [0.2, 0.25) is 17.7 Å². The van der Waals surface area contributed by atoms with Crippen LogP contribution in [0.1, 0.15) is 83.9 Å². The van der Waals surface area contributed by atoms with Crippen LogP contribution in [0.25, 0.3) is 33.3 Å². The van der Waals surface area contributed by atoms with Crippen LogP contribution in [0.15, 0.2) is 60.7 Å². The molecular weight excluding hydrogens is 837 g/mol. The molecule has 3 N–H and O–H groups in total. The summed E-state index contributed by atoms with van der Waals surface area (Å²) in [5.74, 6) is -2.44. The molecule has 14 heteroatoms. The second kappa shape index (κ2) is 20.4. The van der Waals surface area contributed by atoms with E-state index < -0.39 is 47.2 Å². The molecule has 0 spiro atoms. The Morgan fingerprint density at radius 1 is 1.02 bits per heavy atom. The van der Waals surface area contributed by atoms with Gasteiger partial charge in [-0.1, -0.05) is 71.0 Å². The Kier molecular flexibility index (Phi) is 14.9. The van der Waals surface area contributed by atoms with Gasteiger partial charge in [0.05, 0.1) is 24.8 Å². The number of carbonyl (C=O) groups is 5. The van der Waals surface area contributed by atoms with E-state index in [0.717, 1.165) is 45.3 Å². The van der Waals surface area contributed by atoms with Gasteiger partial charge in [-0.2, -0.15) is 0 Å². The molecule has 1 unspecified atom stereocenters. The number of aromatic nitrogens is 1. The molecule has 2 fully saturated rings. The molecule has 0 aliphatic carbocycles. The summed E-state index contributed by atoms with van der Waals surface area (Å²) in [7, 11) is 3.32. The lowest BCUT2D eigenvalue weighted by Crippen LogP contribution is -2.62. The fraction of sp³-hybridized carbons (Fsp3) is 0.519. The number of likely N-dealkylation sites (tertiary alicyclic amines) is 1. The standard InChI is InChI=1S/C52H68N6O8/c1-9-45(60)56-22-19-36(30-56)49(62)55(7)46(32(3)4)48(61)53-43-26-33-24-37(27-38(59)25-33)35-17-18-44-40(28-35)41(47(57(44)10-2)39-15-12-11-14-34(39)20-23-65-8)29-52(5,6)31-66-51(64)42-16-13-21-58(54-42)50(43)63/h11-12,14-15,17-18,24-25,27-28,32,36,42-43,46,54,59H,9-10,13,16,19-23,26,29-31H2,1-8H3,(H,53,61)/t36-,42-,43-,46?/m0/s1. The largest absolute Gasteiger partial charge is 0.508 e. The van der Waals surface area contributed by atoms with Crippen LogP contribution < -0.4 is 10.7 Å². The summed E-state index contributed by atoms with van der Waals surface area (Å²) >= 11 is 0. The summed E-state index contributed by atoms with van der Waals surface area (Å²) in [4.78, 5) is 72.7. The maximum absolute atomic E-state index is 14.7. The molecule has 4 aromatic rings. The van der Waals surface area contributed by atoms with E-state index in [1.165, 1.54) is 15.5 Å². The molecule has 66 heavy (non-hydrogen) atoms. The lowest BCUT2D eigenvalue weighted by molar-refractivity contribution is -0.155. The van der Waals surface area contributed by atoms with Crippen molar-refractivity contribution >= 4 is 40.5 Å². The molecule has 14 nitrogen and oxygen atoms in total. The van der Waals surface area contributed by atoms with E-state index in [2.05, 4.69) is 72.5 Å². The third-order valence-corrected chi connectivity index (χ3v) is 13.6. The molecule has 4 amide bonds. The fourth-order valence-electron chi connectivity index (χ4n) is 10.2. The Labute approximate surface area is 388 Å². The number of esters is 1. The second-order valence-electron chi connectivity index (χ2n) is 19.4. The first-order chi connectivity index (χ1) is 31.5. The van der Waals surface area contributed by atoms with E-state index >= 15 is 0 Å². The Hall–Kier alpha value is -5.73. The Balaban J connectivity index is 1.30. The molecule has 6 bridgehead atoms. The lowest BCUT2D eigenvalue weighted by Gasteiger charge is -2.37. The van der Waals surface area contributed by atoms with Gasteiger partial charge in [0.25, 0.3) is 5.91 Å². The Morgan fingerprint density at radius 3 is 2.52 bits per heavy atom. The van der Waals surface area contributed by atoms with Gasteiger partial charge in [-0.25, -0.2) is 5.43 Å². The molecule has 4 atom stereocenters. The van der Waals surface area contributed by atoms with Gasteiger partial charge in [-0.15, -0.1) is 0 Å². The molecule has 3 aliphatic rings. The first kappa shape index (κ1) is 48.2. The van der Waals surface area contributed by atoms with Crippen molar-refractivity contribution in [3.05, 3.63) is 77.4 Å². The summed E-state index contributed by atoms with van der Waals surface area (Å²) in [6, 6.07) is 17.1. The molecule has 7 rings (SSSR count). The minimum Gasteiger partial charge on any atom is -0.508 e. The van der Waals surface area contributed by atoms with E-state index in [-0.39, 0.29) is 43.1 Å². The van der Waals surface area contributed by atoms with Gasteiger partial charge < -0.3 is 34.3 Å². The summed E-state index contributed by atoms with van der Waals surface area (Å²) in [5.41, 5.74) is 10.4. The SMILES string of the molecule is CCC(=O)N1CC[C@H](C(=O)N(C)C(C(=O)N[C@H]2Cc3cc(O)cc(c3)-c3ccc4c(c3)c(c(-c3ccccc3CCOC)n4CC)CC(C)(C)COC(=O)[C@@H]3CCCN(N3)C2=O)C(C)C)C1.